The van der Waals surface area contributed by atoms with E-state index >= 15 is 0 Å². The lowest BCUT2D eigenvalue weighted by molar-refractivity contribution is 0.192. The number of aromatic amines is 1. The monoisotopic (exact) mass is 262 g/mol. The molecule has 6 nitrogen and oxygen atoms in total. The fraction of sp³-hybridized carbons (Fsp3) is 0.615. The lowest BCUT2D eigenvalue weighted by atomic mass is 10.1. The second kappa shape index (κ2) is 5.13. The zero-order chi connectivity index (χ0) is 13.2. The molecule has 3 heterocycles. The van der Waals surface area contributed by atoms with E-state index < -0.39 is 0 Å². The quantitative estimate of drug-likeness (QED) is 0.907. The van der Waals surface area contributed by atoms with E-state index in [1.807, 2.05) is 13.8 Å². The number of rotatable bonds is 4. The van der Waals surface area contributed by atoms with Crippen molar-refractivity contribution in [3.8, 4) is 0 Å². The van der Waals surface area contributed by atoms with Gasteiger partial charge in [0.25, 0.3) is 0 Å². The number of ether oxygens (including phenoxy) is 1. The molecule has 1 aliphatic heterocycles. The van der Waals surface area contributed by atoms with Crippen LogP contribution < -0.4 is 0 Å². The Hall–Kier alpha value is -1.69. The van der Waals surface area contributed by atoms with Crippen molar-refractivity contribution in [3.63, 3.8) is 0 Å². The van der Waals surface area contributed by atoms with Gasteiger partial charge in [-0.2, -0.15) is 10.1 Å². The van der Waals surface area contributed by atoms with Crippen LogP contribution in [0.4, 0.5) is 0 Å². The zero-order valence-electron chi connectivity index (χ0n) is 11.3. The largest absolute Gasteiger partial charge is 0.381 e. The van der Waals surface area contributed by atoms with Crippen LogP contribution in [0.15, 0.2) is 4.52 Å². The van der Waals surface area contributed by atoms with Crippen LogP contribution in [-0.2, 0) is 17.6 Å². The van der Waals surface area contributed by atoms with Gasteiger partial charge in [0.05, 0.1) is 12.3 Å². The first-order chi connectivity index (χ1) is 9.24. The third kappa shape index (κ3) is 2.53. The first kappa shape index (κ1) is 12.3. The first-order valence-electron chi connectivity index (χ1n) is 6.64. The molecule has 0 amide bonds. The molecular weight excluding hydrogens is 244 g/mol. The summed E-state index contributed by atoms with van der Waals surface area (Å²) >= 11 is 0. The average molecular weight is 262 g/mol. The Morgan fingerprint density at radius 2 is 2.21 bits per heavy atom. The maximum Gasteiger partial charge on any atom is 0.226 e. The third-order valence-electron chi connectivity index (χ3n) is 3.65. The Kier molecular flexibility index (Phi) is 3.33. The van der Waals surface area contributed by atoms with Crippen molar-refractivity contribution >= 4 is 0 Å². The van der Waals surface area contributed by atoms with Crippen molar-refractivity contribution in [2.24, 2.45) is 0 Å². The molecule has 1 atom stereocenters. The summed E-state index contributed by atoms with van der Waals surface area (Å²) in [5, 5.41) is 11.2. The van der Waals surface area contributed by atoms with Crippen LogP contribution in [0.5, 0.6) is 0 Å². The molecular formula is C13H18N4O2. The summed E-state index contributed by atoms with van der Waals surface area (Å²) in [6, 6.07) is 0. The van der Waals surface area contributed by atoms with E-state index in [4.69, 9.17) is 9.26 Å². The summed E-state index contributed by atoms with van der Waals surface area (Å²) in [6.45, 7) is 5.54. The zero-order valence-corrected chi connectivity index (χ0v) is 11.3. The normalized spacial score (nSPS) is 19.2. The van der Waals surface area contributed by atoms with Crippen LogP contribution in [0, 0.1) is 13.8 Å². The van der Waals surface area contributed by atoms with Gasteiger partial charge in [-0.15, -0.1) is 0 Å². The van der Waals surface area contributed by atoms with Crippen LogP contribution in [0.25, 0.3) is 0 Å². The molecule has 1 aliphatic rings. The molecule has 0 aromatic carbocycles. The molecule has 0 aliphatic carbocycles. The van der Waals surface area contributed by atoms with Crippen molar-refractivity contribution in [2.75, 3.05) is 13.2 Å². The second-order valence-electron chi connectivity index (χ2n) is 5.02. The van der Waals surface area contributed by atoms with Gasteiger partial charge in [0.1, 0.15) is 0 Å². The molecule has 1 N–H and O–H groups in total. The molecule has 0 radical (unpaired) electrons. The molecule has 0 saturated carbocycles. The summed E-state index contributed by atoms with van der Waals surface area (Å²) in [7, 11) is 0. The number of H-pyrrole nitrogens is 1. The Morgan fingerprint density at radius 1 is 1.32 bits per heavy atom. The lowest BCUT2D eigenvalue weighted by Gasteiger charge is -1.98. The summed E-state index contributed by atoms with van der Waals surface area (Å²) in [6.07, 6.45) is 2.61. The highest BCUT2D eigenvalue weighted by Crippen LogP contribution is 2.22. The van der Waals surface area contributed by atoms with Crippen LogP contribution in [0.1, 0.15) is 41.0 Å². The SMILES string of the molecule is Cc1n[nH]c(C)c1CCc1nc([C@H]2CCOC2)no1. The topological polar surface area (TPSA) is 76.8 Å². The summed E-state index contributed by atoms with van der Waals surface area (Å²) in [4.78, 5) is 4.46. The van der Waals surface area contributed by atoms with Crippen molar-refractivity contribution in [2.45, 2.75) is 39.0 Å². The van der Waals surface area contributed by atoms with Gasteiger partial charge in [-0.05, 0) is 32.3 Å². The predicted molar refractivity (Wildman–Crippen MR) is 67.9 cm³/mol. The maximum absolute atomic E-state index is 5.34. The van der Waals surface area contributed by atoms with E-state index in [1.165, 1.54) is 5.56 Å². The molecule has 1 saturated heterocycles. The molecule has 6 heteroatoms. The van der Waals surface area contributed by atoms with Gasteiger partial charge >= 0.3 is 0 Å². The summed E-state index contributed by atoms with van der Waals surface area (Å²) in [5.41, 5.74) is 3.40. The van der Waals surface area contributed by atoms with Gasteiger partial charge in [0.15, 0.2) is 5.82 Å². The first-order valence-corrected chi connectivity index (χ1v) is 6.64. The van der Waals surface area contributed by atoms with Gasteiger partial charge < -0.3 is 9.26 Å². The standard InChI is InChI=1S/C13H18N4O2/c1-8-11(9(2)16-15-8)3-4-12-14-13(17-19-12)10-5-6-18-7-10/h10H,3-7H2,1-2H3,(H,15,16)/t10-/m0/s1. The fourth-order valence-corrected chi connectivity index (χ4v) is 2.45. The Bertz CT molecular complexity index is 535. The van der Waals surface area contributed by atoms with Gasteiger partial charge in [0.2, 0.25) is 5.89 Å². The minimum Gasteiger partial charge on any atom is -0.381 e. The van der Waals surface area contributed by atoms with E-state index in [-0.39, 0.29) is 0 Å². The molecule has 0 spiro atoms. The van der Waals surface area contributed by atoms with E-state index in [9.17, 15) is 0 Å². The van der Waals surface area contributed by atoms with Crippen LogP contribution in [0.2, 0.25) is 0 Å². The highest BCUT2D eigenvalue weighted by Gasteiger charge is 2.23. The Balaban J connectivity index is 1.64. The van der Waals surface area contributed by atoms with Gasteiger partial charge in [-0.3, -0.25) is 5.10 Å². The number of nitrogens with zero attached hydrogens (tertiary/aromatic N) is 3. The molecule has 2 aromatic heterocycles. The van der Waals surface area contributed by atoms with Crippen molar-refractivity contribution in [3.05, 3.63) is 28.7 Å². The van der Waals surface area contributed by atoms with Crippen molar-refractivity contribution < 1.29 is 9.26 Å². The van der Waals surface area contributed by atoms with Crippen LogP contribution in [0.3, 0.4) is 0 Å². The van der Waals surface area contributed by atoms with Gasteiger partial charge in [-0.1, -0.05) is 5.16 Å². The van der Waals surface area contributed by atoms with Crippen LogP contribution in [-0.4, -0.2) is 33.6 Å². The van der Waals surface area contributed by atoms with Gasteiger partial charge in [-0.25, -0.2) is 0 Å². The number of hydrogen-bond donors (Lipinski definition) is 1. The highest BCUT2D eigenvalue weighted by molar-refractivity contribution is 5.23. The van der Waals surface area contributed by atoms with E-state index in [0.717, 1.165) is 43.1 Å². The predicted octanol–water partition coefficient (Wildman–Crippen LogP) is 1.70. The molecule has 0 unspecified atom stereocenters. The maximum atomic E-state index is 5.34. The lowest BCUT2D eigenvalue weighted by Crippen LogP contribution is -2.00. The molecule has 19 heavy (non-hydrogen) atoms. The minimum atomic E-state index is 0.301. The van der Waals surface area contributed by atoms with Crippen molar-refractivity contribution in [1.29, 1.82) is 0 Å². The molecule has 102 valence electrons. The third-order valence-corrected chi connectivity index (χ3v) is 3.65. The summed E-state index contributed by atoms with van der Waals surface area (Å²) < 4.78 is 10.6. The number of aryl methyl sites for hydroxylation is 3. The van der Waals surface area contributed by atoms with Crippen LogP contribution >= 0.6 is 0 Å². The number of nitrogens with one attached hydrogen (secondary N) is 1. The van der Waals surface area contributed by atoms with E-state index in [0.29, 0.717) is 18.4 Å². The number of hydrogen-bond acceptors (Lipinski definition) is 5. The minimum absolute atomic E-state index is 0.301. The molecule has 1 fully saturated rings. The second-order valence-corrected chi connectivity index (χ2v) is 5.02. The van der Waals surface area contributed by atoms with E-state index in [2.05, 4.69) is 20.3 Å². The number of aromatic nitrogens is 4. The fourth-order valence-electron chi connectivity index (χ4n) is 2.45. The molecule has 2 aromatic rings. The highest BCUT2D eigenvalue weighted by atomic mass is 16.5. The Labute approximate surface area is 111 Å². The van der Waals surface area contributed by atoms with Crippen molar-refractivity contribution in [1.82, 2.24) is 20.3 Å². The van der Waals surface area contributed by atoms with Gasteiger partial charge in [0, 0.05) is 24.6 Å². The Morgan fingerprint density at radius 3 is 2.89 bits per heavy atom. The average Bonchev–Trinajstić information content (AvgIpc) is 3.10. The molecule has 0 bridgehead atoms. The molecule has 3 rings (SSSR count). The van der Waals surface area contributed by atoms with E-state index in [1.54, 1.807) is 0 Å². The summed E-state index contributed by atoms with van der Waals surface area (Å²) in [5.74, 6) is 1.78. The smallest absolute Gasteiger partial charge is 0.226 e.